The van der Waals surface area contributed by atoms with E-state index in [2.05, 4.69) is 28.2 Å². The highest BCUT2D eigenvalue weighted by Crippen LogP contribution is 2.38. The lowest BCUT2D eigenvalue weighted by Crippen LogP contribution is -2.33. The van der Waals surface area contributed by atoms with Crippen LogP contribution in [0.4, 0.5) is 4.39 Å². The van der Waals surface area contributed by atoms with Gasteiger partial charge in [0.2, 0.25) is 0 Å². The lowest BCUT2D eigenvalue weighted by atomic mass is 9.70. The quantitative estimate of drug-likeness (QED) is 0.740. The summed E-state index contributed by atoms with van der Waals surface area (Å²) in [6, 6.07) is 5.48. The molecule has 0 bridgehead atoms. The molecule has 3 heteroatoms. The number of nitrogens with one attached hydrogen (secondary N) is 1. The highest BCUT2D eigenvalue weighted by molar-refractivity contribution is 9.10. The minimum Gasteiger partial charge on any atom is -0.319 e. The van der Waals surface area contributed by atoms with Crippen molar-refractivity contribution in [3.05, 3.63) is 34.1 Å². The summed E-state index contributed by atoms with van der Waals surface area (Å²) >= 11 is 3.31. The molecule has 1 aromatic rings. The number of halogens is 2. The van der Waals surface area contributed by atoms with Crippen LogP contribution in [0.2, 0.25) is 0 Å². The van der Waals surface area contributed by atoms with Crippen molar-refractivity contribution in [3.63, 3.8) is 0 Å². The molecular formula is C18H27BrFN. The predicted octanol–water partition coefficient (Wildman–Crippen LogP) is 5.18. The summed E-state index contributed by atoms with van der Waals surface area (Å²) in [5.41, 5.74) is 1.26. The summed E-state index contributed by atoms with van der Waals surface area (Å²) in [5, 5.41) is 3.35. The summed E-state index contributed by atoms with van der Waals surface area (Å²) in [7, 11) is 2.05. The molecular weight excluding hydrogens is 329 g/mol. The van der Waals surface area contributed by atoms with Gasteiger partial charge in [0.15, 0.2) is 0 Å². The smallest absolute Gasteiger partial charge is 0.137 e. The van der Waals surface area contributed by atoms with Crippen LogP contribution in [0.15, 0.2) is 22.7 Å². The molecule has 3 atom stereocenters. The first-order valence-corrected chi connectivity index (χ1v) is 9.01. The minimum absolute atomic E-state index is 0.168. The van der Waals surface area contributed by atoms with Crippen LogP contribution in [0.5, 0.6) is 0 Å². The van der Waals surface area contributed by atoms with E-state index in [4.69, 9.17) is 0 Å². The van der Waals surface area contributed by atoms with E-state index in [9.17, 15) is 4.39 Å². The van der Waals surface area contributed by atoms with Crippen LogP contribution in [-0.2, 0) is 6.42 Å². The fourth-order valence-electron chi connectivity index (χ4n) is 3.84. The lowest BCUT2D eigenvalue weighted by molar-refractivity contribution is 0.169. The second-order valence-corrected chi connectivity index (χ2v) is 7.35. The molecule has 0 heterocycles. The highest BCUT2D eigenvalue weighted by atomic mass is 79.9. The number of benzene rings is 1. The number of rotatable bonds is 6. The third-order valence-corrected chi connectivity index (χ3v) is 5.50. The summed E-state index contributed by atoms with van der Waals surface area (Å²) in [5.74, 6) is 2.20. The topological polar surface area (TPSA) is 12.0 Å². The molecule has 1 aliphatic rings. The van der Waals surface area contributed by atoms with Crippen LogP contribution >= 0.6 is 15.9 Å². The molecule has 118 valence electrons. The van der Waals surface area contributed by atoms with Crippen molar-refractivity contribution in [3.8, 4) is 0 Å². The van der Waals surface area contributed by atoms with Gasteiger partial charge in [-0.15, -0.1) is 0 Å². The molecule has 21 heavy (non-hydrogen) atoms. The third kappa shape index (κ3) is 4.79. The average molecular weight is 356 g/mol. The Balaban J connectivity index is 2.05. The molecule has 0 radical (unpaired) electrons. The molecule has 0 amide bonds. The molecule has 3 unspecified atom stereocenters. The van der Waals surface area contributed by atoms with Crippen LogP contribution in [-0.4, -0.2) is 13.6 Å². The van der Waals surface area contributed by atoms with Crippen LogP contribution in [0.1, 0.15) is 44.6 Å². The van der Waals surface area contributed by atoms with E-state index in [0.29, 0.717) is 4.47 Å². The SMILES string of the molecule is CCCC1CCC(CNC)C(Cc2ccc(F)c(Br)c2)C1. The van der Waals surface area contributed by atoms with Crippen LogP contribution in [0, 0.1) is 23.6 Å². The van der Waals surface area contributed by atoms with Crippen molar-refractivity contribution in [1.29, 1.82) is 0 Å². The van der Waals surface area contributed by atoms with Gasteiger partial charge in [-0.3, -0.25) is 0 Å². The molecule has 0 aromatic heterocycles. The first-order valence-electron chi connectivity index (χ1n) is 8.22. The number of hydrogen-bond donors (Lipinski definition) is 1. The van der Waals surface area contributed by atoms with Crippen LogP contribution in [0.3, 0.4) is 0 Å². The molecule has 2 rings (SSSR count). The van der Waals surface area contributed by atoms with Gasteiger partial charge in [-0.25, -0.2) is 4.39 Å². The number of hydrogen-bond acceptors (Lipinski definition) is 1. The van der Waals surface area contributed by atoms with Crippen LogP contribution in [0.25, 0.3) is 0 Å². The Bertz CT molecular complexity index is 449. The van der Waals surface area contributed by atoms with Crippen molar-refractivity contribution in [2.75, 3.05) is 13.6 Å². The maximum atomic E-state index is 13.4. The van der Waals surface area contributed by atoms with Gasteiger partial charge in [-0.05, 0) is 84.2 Å². The average Bonchev–Trinajstić information content (AvgIpc) is 2.46. The van der Waals surface area contributed by atoms with Gasteiger partial charge < -0.3 is 5.32 Å². The van der Waals surface area contributed by atoms with Gasteiger partial charge in [0.05, 0.1) is 4.47 Å². The Morgan fingerprint density at radius 1 is 1.29 bits per heavy atom. The zero-order valence-corrected chi connectivity index (χ0v) is 14.8. The van der Waals surface area contributed by atoms with E-state index < -0.39 is 0 Å². The van der Waals surface area contributed by atoms with E-state index in [-0.39, 0.29) is 5.82 Å². The normalized spacial score (nSPS) is 26.0. The predicted molar refractivity (Wildman–Crippen MR) is 91.0 cm³/mol. The zero-order valence-electron chi connectivity index (χ0n) is 13.2. The zero-order chi connectivity index (χ0) is 15.2. The Kier molecular flexibility index (Phi) is 6.69. The Labute approximate surface area is 136 Å². The van der Waals surface area contributed by atoms with Gasteiger partial charge in [0, 0.05) is 0 Å². The Morgan fingerprint density at radius 2 is 2.10 bits per heavy atom. The molecule has 0 aliphatic heterocycles. The molecule has 1 fully saturated rings. The van der Waals surface area contributed by atoms with Crippen molar-refractivity contribution in [2.45, 2.75) is 45.4 Å². The second-order valence-electron chi connectivity index (χ2n) is 6.50. The third-order valence-electron chi connectivity index (χ3n) is 4.89. The van der Waals surface area contributed by atoms with Gasteiger partial charge in [0.25, 0.3) is 0 Å². The van der Waals surface area contributed by atoms with E-state index in [0.717, 1.165) is 30.7 Å². The molecule has 0 spiro atoms. The Morgan fingerprint density at radius 3 is 2.76 bits per heavy atom. The van der Waals surface area contributed by atoms with Crippen LogP contribution < -0.4 is 5.32 Å². The minimum atomic E-state index is -0.168. The van der Waals surface area contributed by atoms with Gasteiger partial charge in [-0.2, -0.15) is 0 Å². The second kappa shape index (κ2) is 8.28. The fraction of sp³-hybridized carbons (Fsp3) is 0.667. The lowest BCUT2D eigenvalue weighted by Gasteiger charge is -2.36. The summed E-state index contributed by atoms with van der Waals surface area (Å²) in [4.78, 5) is 0. The summed E-state index contributed by atoms with van der Waals surface area (Å²) < 4.78 is 14.0. The van der Waals surface area contributed by atoms with E-state index in [1.165, 1.54) is 37.7 Å². The van der Waals surface area contributed by atoms with Gasteiger partial charge >= 0.3 is 0 Å². The largest absolute Gasteiger partial charge is 0.319 e. The van der Waals surface area contributed by atoms with E-state index >= 15 is 0 Å². The maximum absolute atomic E-state index is 13.4. The van der Waals surface area contributed by atoms with Crippen molar-refractivity contribution in [1.82, 2.24) is 5.32 Å². The monoisotopic (exact) mass is 355 g/mol. The van der Waals surface area contributed by atoms with Crippen molar-refractivity contribution >= 4 is 15.9 Å². The molecule has 1 saturated carbocycles. The maximum Gasteiger partial charge on any atom is 0.137 e. The molecule has 1 N–H and O–H groups in total. The highest BCUT2D eigenvalue weighted by Gasteiger charge is 2.29. The first kappa shape index (κ1) is 17.0. The van der Waals surface area contributed by atoms with Crippen molar-refractivity contribution in [2.24, 2.45) is 17.8 Å². The fourth-order valence-corrected chi connectivity index (χ4v) is 4.27. The summed E-state index contributed by atoms with van der Waals surface area (Å²) in [6.07, 6.45) is 7.76. The molecule has 1 aromatic carbocycles. The van der Waals surface area contributed by atoms with Crippen molar-refractivity contribution < 1.29 is 4.39 Å². The van der Waals surface area contributed by atoms with E-state index in [1.807, 2.05) is 19.2 Å². The van der Waals surface area contributed by atoms with Gasteiger partial charge in [-0.1, -0.05) is 32.3 Å². The van der Waals surface area contributed by atoms with Gasteiger partial charge in [0.1, 0.15) is 5.82 Å². The first-order chi connectivity index (χ1) is 10.1. The van der Waals surface area contributed by atoms with E-state index in [1.54, 1.807) is 6.07 Å². The summed E-state index contributed by atoms with van der Waals surface area (Å²) in [6.45, 7) is 3.39. The molecule has 1 aliphatic carbocycles. The Hall–Kier alpha value is -0.410. The molecule has 1 nitrogen and oxygen atoms in total. The standard InChI is InChI=1S/C18H27BrFN/c1-3-4-13-5-7-15(12-21-2)16(9-13)10-14-6-8-18(20)17(19)11-14/h6,8,11,13,15-16,21H,3-5,7,9-10,12H2,1-2H3. The molecule has 0 saturated heterocycles.